The maximum absolute atomic E-state index is 5.98. The molecule has 0 aliphatic heterocycles. The van der Waals surface area contributed by atoms with Crippen molar-refractivity contribution in [2.75, 3.05) is 0 Å². The van der Waals surface area contributed by atoms with Gasteiger partial charge in [-0.05, 0) is 30.2 Å². The van der Waals surface area contributed by atoms with Crippen LogP contribution in [0.5, 0.6) is 5.75 Å². The Kier molecular flexibility index (Phi) is 5.81. The first-order chi connectivity index (χ1) is 12.2. The number of aryl methyl sites for hydroxylation is 1. The average molecular weight is 347 g/mol. The third kappa shape index (κ3) is 4.91. The normalized spacial score (nSPS) is 10.3. The summed E-state index contributed by atoms with van der Waals surface area (Å²) >= 11 is 5.57. The van der Waals surface area contributed by atoms with Crippen molar-refractivity contribution in [1.82, 2.24) is 5.32 Å². The van der Waals surface area contributed by atoms with Gasteiger partial charge in [-0.15, -0.1) is 0 Å². The van der Waals surface area contributed by atoms with Gasteiger partial charge < -0.3 is 10.1 Å². The van der Waals surface area contributed by atoms with Crippen LogP contribution in [0.4, 0.5) is 0 Å². The summed E-state index contributed by atoms with van der Waals surface area (Å²) in [5.41, 5.74) is 4.51. The SMILES string of the molecule is Cc1ccc(CNC(=S)c2ccccc2OCc2ccccc2)cc1. The number of hydrogen-bond donors (Lipinski definition) is 1. The molecule has 126 valence electrons. The molecule has 0 heterocycles. The molecule has 3 heteroatoms. The highest BCUT2D eigenvalue weighted by Gasteiger charge is 2.08. The Morgan fingerprint density at radius 1 is 0.840 bits per heavy atom. The summed E-state index contributed by atoms with van der Waals surface area (Å²) in [6.45, 7) is 3.31. The highest BCUT2D eigenvalue weighted by molar-refractivity contribution is 7.80. The smallest absolute Gasteiger partial charge is 0.129 e. The van der Waals surface area contributed by atoms with Crippen LogP contribution in [0.2, 0.25) is 0 Å². The van der Waals surface area contributed by atoms with Crippen molar-refractivity contribution >= 4 is 17.2 Å². The van der Waals surface area contributed by atoms with E-state index in [9.17, 15) is 0 Å². The lowest BCUT2D eigenvalue weighted by atomic mass is 10.1. The van der Waals surface area contributed by atoms with Crippen molar-refractivity contribution in [3.8, 4) is 5.75 Å². The van der Waals surface area contributed by atoms with Gasteiger partial charge in [0.15, 0.2) is 0 Å². The van der Waals surface area contributed by atoms with E-state index in [1.54, 1.807) is 0 Å². The first-order valence-corrected chi connectivity index (χ1v) is 8.73. The summed E-state index contributed by atoms with van der Waals surface area (Å²) in [5.74, 6) is 0.799. The molecule has 3 rings (SSSR count). The van der Waals surface area contributed by atoms with E-state index in [0.29, 0.717) is 18.1 Å². The van der Waals surface area contributed by atoms with Crippen molar-refractivity contribution in [1.29, 1.82) is 0 Å². The van der Waals surface area contributed by atoms with Gasteiger partial charge in [0.1, 0.15) is 17.3 Å². The monoisotopic (exact) mass is 347 g/mol. The van der Waals surface area contributed by atoms with Crippen molar-refractivity contribution < 1.29 is 4.74 Å². The van der Waals surface area contributed by atoms with E-state index in [4.69, 9.17) is 17.0 Å². The molecule has 3 aromatic carbocycles. The van der Waals surface area contributed by atoms with Gasteiger partial charge in [-0.1, -0.05) is 84.5 Å². The van der Waals surface area contributed by atoms with Crippen LogP contribution in [0.3, 0.4) is 0 Å². The zero-order valence-corrected chi connectivity index (χ0v) is 15.1. The van der Waals surface area contributed by atoms with Crippen LogP contribution in [0.15, 0.2) is 78.9 Å². The minimum absolute atomic E-state index is 0.526. The third-order valence-corrected chi connectivity index (χ3v) is 4.31. The summed E-state index contributed by atoms with van der Waals surface area (Å²) in [6, 6.07) is 26.5. The van der Waals surface area contributed by atoms with E-state index in [0.717, 1.165) is 16.9 Å². The number of rotatable bonds is 6. The first kappa shape index (κ1) is 17.2. The quantitative estimate of drug-likeness (QED) is 0.631. The fourth-order valence-electron chi connectivity index (χ4n) is 2.50. The molecule has 0 aromatic heterocycles. The molecule has 1 N–H and O–H groups in total. The van der Waals surface area contributed by atoms with E-state index >= 15 is 0 Å². The molecule has 0 bridgehead atoms. The van der Waals surface area contributed by atoms with Crippen molar-refractivity contribution in [3.05, 3.63) is 101 Å². The Labute approximate surface area is 154 Å². The number of benzene rings is 3. The van der Waals surface area contributed by atoms with E-state index in [2.05, 4.69) is 48.6 Å². The average Bonchev–Trinajstić information content (AvgIpc) is 2.67. The van der Waals surface area contributed by atoms with E-state index in [1.165, 1.54) is 11.1 Å². The van der Waals surface area contributed by atoms with E-state index < -0.39 is 0 Å². The molecule has 0 amide bonds. The third-order valence-electron chi connectivity index (χ3n) is 3.94. The fraction of sp³-hybridized carbons (Fsp3) is 0.136. The van der Waals surface area contributed by atoms with Crippen LogP contribution < -0.4 is 10.1 Å². The van der Waals surface area contributed by atoms with Gasteiger partial charge in [0.25, 0.3) is 0 Å². The molecule has 0 spiro atoms. The topological polar surface area (TPSA) is 21.3 Å². The zero-order chi connectivity index (χ0) is 17.5. The zero-order valence-electron chi connectivity index (χ0n) is 14.2. The fourth-order valence-corrected chi connectivity index (χ4v) is 2.74. The molecule has 25 heavy (non-hydrogen) atoms. The summed E-state index contributed by atoms with van der Waals surface area (Å²) in [4.78, 5) is 0.698. The second kappa shape index (κ2) is 8.45. The maximum Gasteiger partial charge on any atom is 0.129 e. The molecule has 2 nitrogen and oxygen atoms in total. The van der Waals surface area contributed by atoms with Crippen LogP contribution in [0.25, 0.3) is 0 Å². The lowest BCUT2D eigenvalue weighted by molar-refractivity contribution is 0.305. The molecular weight excluding hydrogens is 326 g/mol. The molecule has 0 aliphatic carbocycles. The minimum atomic E-state index is 0.526. The van der Waals surface area contributed by atoms with Gasteiger partial charge in [-0.2, -0.15) is 0 Å². The van der Waals surface area contributed by atoms with Gasteiger partial charge >= 0.3 is 0 Å². The number of thiocarbonyl (C=S) groups is 1. The van der Waals surface area contributed by atoms with Crippen LogP contribution in [-0.2, 0) is 13.2 Å². The number of para-hydroxylation sites is 1. The Bertz CT molecular complexity index is 828. The standard InChI is InChI=1S/C22H21NOS/c1-17-11-13-18(14-12-17)15-23-22(25)20-9-5-6-10-21(20)24-16-19-7-3-2-4-8-19/h2-14H,15-16H2,1H3,(H,23,25). The van der Waals surface area contributed by atoms with Crippen LogP contribution in [-0.4, -0.2) is 4.99 Å². The molecule has 0 radical (unpaired) electrons. The Balaban J connectivity index is 1.64. The molecule has 0 atom stereocenters. The van der Waals surface area contributed by atoms with Gasteiger partial charge in [0.2, 0.25) is 0 Å². The van der Waals surface area contributed by atoms with Gasteiger partial charge in [-0.3, -0.25) is 0 Å². The Morgan fingerprint density at radius 3 is 2.28 bits per heavy atom. The van der Waals surface area contributed by atoms with Crippen LogP contribution in [0.1, 0.15) is 22.3 Å². The molecular formula is C22H21NOS. The summed E-state index contributed by atoms with van der Waals surface area (Å²) in [5, 5.41) is 3.32. The second-order valence-corrected chi connectivity index (χ2v) is 6.35. The Morgan fingerprint density at radius 2 is 1.52 bits per heavy atom. The second-order valence-electron chi connectivity index (χ2n) is 5.94. The molecule has 0 saturated heterocycles. The van der Waals surface area contributed by atoms with Gasteiger partial charge in [-0.25, -0.2) is 0 Å². The molecule has 0 fully saturated rings. The number of ether oxygens (including phenoxy) is 1. The molecule has 0 saturated carbocycles. The summed E-state index contributed by atoms with van der Waals surface area (Å²) in [6.07, 6.45) is 0. The molecule has 3 aromatic rings. The summed E-state index contributed by atoms with van der Waals surface area (Å²) < 4.78 is 5.98. The summed E-state index contributed by atoms with van der Waals surface area (Å²) in [7, 11) is 0. The predicted octanol–water partition coefficient (Wildman–Crippen LogP) is 5.04. The highest BCUT2D eigenvalue weighted by atomic mass is 32.1. The lowest BCUT2D eigenvalue weighted by Gasteiger charge is -2.14. The van der Waals surface area contributed by atoms with E-state index in [1.807, 2.05) is 42.5 Å². The predicted molar refractivity (Wildman–Crippen MR) is 107 cm³/mol. The minimum Gasteiger partial charge on any atom is -0.488 e. The van der Waals surface area contributed by atoms with Crippen LogP contribution >= 0.6 is 12.2 Å². The Hall–Kier alpha value is -2.65. The highest BCUT2D eigenvalue weighted by Crippen LogP contribution is 2.20. The molecule has 0 aliphatic rings. The molecule has 0 unspecified atom stereocenters. The number of hydrogen-bond acceptors (Lipinski definition) is 2. The van der Waals surface area contributed by atoms with Crippen molar-refractivity contribution in [2.45, 2.75) is 20.1 Å². The van der Waals surface area contributed by atoms with Crippen molar-refractivity contribution in [2.24, 2.45) is 0 Å². The van der Waals surface area contributed by atoms with Crippen LogP contribution in [0, 0.1) is 6.92 Å². The lowest BCUT2D eigenvalue weighted by Crippen LogP contribution is -2.22. The van der Waals surface area contributed by atoms with Gasteiger partial charge in [0.05, 0.1) is 5.56 Å². The van der Waals surface area contributed by atoms with Crippen molar-refractivity contribution in [3.63, 3.8) is 0 Å². The largest absolute Gasteiger partial charge is 0.488 e. The first-order valence-electron chi connectivity index (χ1n) is 8.32. The van der Waals surface area contributed by atoms with E-state index in [-0.39, 0.29) is 0 Å². The van der Waals surface area contributed by atoms with Gasteiger partial charge in [0, 0.05) is 6.54 Å². The maximum atomic E-state index is 5.98. The number of nitrogens with one attached hydrogen (secondary N) is 1.